The van der Waals surface area contributed by atoms with Gasteiger partial charge >= 0.3 is 0 Å². The third-order valence-corrected chi connectivity index (χ3v) is 3.64. The first-order chi connectivity index (χ1) is 8.88. The molecule has 0 aliphatic carbocycles. The summed E-state index contributed by atoms with van der Waals surface area (Å²) in [5.74, 6) is 5.67. The number of methoxy groups -OCH3 is 1. The van der Waals surface area contributed by atoms with Crippen LogP contribution >= 0.6 is 0 Å². The number of nitrogens with one attached hydrogen (secondary N) is 1. The van der Waals surface area contributed by atoms with Crippen LogP contribution in [-0.4, -0.2) is 13.2 Å². The molecule has 3 heteroatoms. The van der Waals surface area contributed by atoms with E-state index in [1.165, 1.54) is 11.1 Å². The van der Waals surface area contributed by atoms with Gasteiger partial charge in [-0.1, -0.05) is 45.0 Å². The molecule has 0 saturated carbocycles. The smallest absolute Gasteiger partial charge is 0.0543 e. The Hall–Kier alpha value is -0.900. The van der Waals surface area contributed by atoms with Crippen LogP contribution in [-0.2, 0) is 10.2 Å². The van der Waals surface area contributed by atoms with E-state index in [4.69, 9.17) is 10.6 Å². The van der Waals surface area contributed by atoms with Gasteiger partial charge in [-0.2, -0.15) is 0 Å². The van der Waals surface area contributed by atoms with E-state index in [1.54, 1.807) is 7.11 Å². The van der Waals surface area contributed by atoms with Crippen molar-refractivity contribution >= 4 is 0 Å². The fourth-order valence-electron chi connectivity index (χ4n) is 2.08. The van der Waals surface area contributed by atoms with Gasteiger partial charge in [-0.25, -0.2) is 0 Å². The second-order valence-corrected chi connectivity index (χ2v) is 6.21. The van der Waals surface area contributed by atoms with Crippen LogP contribution in [0.2, 0.25) is 0 Å². The lowest BCUT2D eigenvalue weighted by molar-refractivity contribution is 0.106. The Bertz CT molecular complexity index is 367. The average Bonchev–Trinajstić information content (AvgIpc) is 2.38. The van der Waals surface area contributed by atoms with Gasteiger partial charge in [0.05, 0.1) is 6.10 Å². The number of ether oxygens (including phenoxy) is 1. The second-order valence-electron chi connectivity index (χ2n) is 6.21. The van der Waals surface area contributed by atoms with Gasteiger partial charge in [-0.3, -0.25) is 11.3 Å². The molecule has 1 aromatic rings. The monoisotopic (exact) mass is 264 g/mol. The van der Waals surface area contributed by atoms with E-state index >= 15 is 0 Å². The summed E-state index contributed by atoms with van der Waals surface area (Å²) in [6.07, 6.45) is 2.23. The van der Waals surface area contributed by atoms with Crippen LogP contribution in [0.4, 0.5) is 0 Å². The Morgan fingerprint density at radius 2 is 1.74 bits per heavy atom. The number of hydrazine groups is 1. The Morgan fingerprint density at radius 3 is 2.16 bits per heavy atom. The van der Waals surface area contributed by atoms with Crippen molar-refractivity contribution in [1.29, 1.82) is 0 Å². The highest BCUT2D eigenvalue weighted by atomic mass is 16.5. The molecule has 0 radical (unpaired) electrons. The van der Waals surface area contributed by atoms with Crippen molar-refractivity contribution < 1.29 is 4.74 Å². The van der Waals surface area contributed by atoms with Gasteiger partial charge in [0.2, 0.25) is 0 Å². The standard InChI is InChI=1S/C16H28N2O/c1-12(19-5)6-11-15(18-17)13-7-9-14(10-8-13)16(2,3)4/h7-10,12,15,18H,6,11,17H2,1-5H3. The Balaban J connectivity index is 2.71. The quantitative estimate of drug-likeness (QED) is 0.612. The summed E-state index contributed by atoms with van der Waals surface area (Å²) in [7, 11) is 1.74. The largest absolute Gasteiger partial charge is 0.382 e. The van der Waals surface area contributed by atoms with Crippen LogP contribution in [0.25, 0.3) is 0 Å². The zero-order valence-corrected chi connectivity index (χ0v) is 12.9. The number of hydrogen-bond donors (Lipinski definition) is 2. The molecule has 1 rings (SSSR count). The molecule has 0 aliphatic heterocycles. The molecule has 0 spiro atoms. The SMILES string of the molecule is COC(C)CCC(NN)c1ccc(C(C)(C)C)cc1. The molecule has 0 heterocycles. The van der Waals surface area contributed by atoms with Gasteiger partial charge in [0.15, 0.2) is 0 Å². The van der Waals surface area contributed by atoms with E-state index in [2.05, 4.69) is 57.4 Å². The van der Waals surface area contributed by atoms with Crippen LogP contribution in [0, 0.1) is 0 Å². The van der Waals surface area contributed by atoms with Crippen LogP contribution < -0.4 is 11.3 Å². The minimum atomic E-state index is 0.187. The molecule has 0 saturated heterocycles. The van der Waals surface area contributed by atoms with E-state index in [-0.39, 0.29) is 17.6 Å². The molecule has 0 aliphatic rings. The van der Waals surface area contributed by atoms with Crippen LogP contribution in [0.5, 0.6) is 0 Å². The minimum Gasteiger partial charge on any atom is -0.382 e. The zero-order chi connectivity index (χ0) is 14.5. The predicted molar refractivity (Wildman–Crippen MR) is 80.9 cm³/mol. The molecular weight excluding hydrogens is 236 g/mol. The van der Waals surface area contributed by atoms with E-state index < -0.39 is 0 Å². The van der Waals surface area contributed by atoms with Crippen molar-refractivity contribution in [1.82, 2.24) is 5.43 Å². The fraction of sp³-hybridized carbons (Fsp3) is 0.625. The van der Waals surface area contributed by atoms with Crippen molar-refractivity contribution in [3.63, 3.8) is 0 Å². The first kappa shape index (κ1) is 16.2. The fourth-order valence-corrected chi connectivity index (χ4v) is 2.08. The molecule has 3 nitrogen and oxygen atoms in total. The minimum absolute atomic E-state index is 0.187. The van der Waals surface area contributed by atoms with Gasteiger partial charge in [0, 0.05) is 13.2 Å². The van der Waals surface area contributed by atoms with Gasteiger partial charge in [0.25, 0.3) is 0 Å². The number of rotatable bonds is 6. The summed E-state index contributed by atoms with van der Waals surface area (Å²) in [5, 5.41) is 0. The molecule has 0 aromatic heterocycles. The predicted octanol–water partition coefficient (Wildman–Crippen LogP) is 3.30. The highest BCUT2D eigenvalue weighted by molar-refractivity contribution is 5.29. The van der Waals surface area contributed by atoms with Gasteiger partial charge < -0.3 is 4.74 Å². The topological polar surface area (TPSA) is 47.3 Å². The van der Waals surface area contributed by atoms with Crippen molar-refractivity contribution in [3.05, 3.63) is 35.4 Å². The van der Waals surface area contributed by atoms with Crippen molar-refractivity contribution in [2.24, 2.45) is 5.84 Å². The molecule has 3 N–H and O–H groups in total. The van der Waals surface area contributed by atoms with E-state index in [0.29, 0.717) is 0 Å². The maximum Gasteiger partial charge on any atom is 0.0543 e. The highest BCUT2D eigenvalue weighted by Crippen LogP contribution is 2.25. The number of nitrogens with two attached hydrogens (primary N) is 1. The summed E-state index contributed by atoms with van der Waals surface area (Å²) < 4.78 is 5.28. The molecule has 19 heavy (non-hydrogen) atoms. The second kappa shape index (κ2) is 7.04. The molecule has 0 bridgehead atoms. The van der Waals surface area contributed by atoms with Crippen molar-refractivity contribution in [2.75, 3.05) is 7.11 Å². The Morgan fingerprint density at radius 1 is 1.16 bits per heavy atom. The maximum absolute atomic E-state index is 5.67. The lowest BCUT2D eigenvalue weighted by atomic mass is 9.86. The molecule has 2 atom stereocenters. The molecule has 2 unspecified atom stereocenters. The third kappa shape index (κ3) is 4.94. The first-order valence-electron chi connectivity index (χ1n) is 6.98. The van der Waals surface area contributed by atoms with E-state index in [1.807, 2.05) is 0 Å². The summed E-state index contributed by atoms with van der Waals surface area (Å²) in [6.45, 7) is 8.75. The van der Waals surface area contributed by atoms with Crippen LogP contribution in [0.1, 0.15) is 57.7 Å². The molecule has 108 valence electrons. The van der Waals surface area contributed by atoms with Crippen LogP contribution in [0.15, 0.2) is 24.3 Å². The maximum atomic E-state index is 5.67. The number of benzene rings is 1. The normalized spacial score (nSPS) is 15.3. The van der Waals surface area contributed by atoms with Gasteiger partial charge in [-0.15, -0.1) is 0 Å². The highest BCUT2D eigenvalue weighted by Gasteiger charge is 2.15. The van der Waals surface area contributed by atoms with Crippen molar-refractivity contribution in [3.8, 4) is 0 Å². The summed E-state index contributed by atoms with van der Waals surface area (Å²) in [5.41, 5.74) is 5.67. The lowest BCUT2D eigenvalue weighted by Crippen LogP contribution is -2.29. The summed E-state index contributed by atoms with van der Waals surface area (Å²) >= 11 is 0. The molecule has 0 amide bonds. The van der Waals surface area contributed by atoms with E-state index in [9.17, 15) is 0 Å². The third-order valence-electron chi connectivity index (χ3n) is 3.64. The first-order valence-corrected chi connectivity index (χ1v) is 6.98. The van der Waals surface area contributed by atoms with Gasteiger partial charge in [0.1, 0.15) is 0 Å². The van der Waals surface area contributed by atoms with E-state index in [0.717, 1.165) is 12.8 Å². The Kier molecular flexibility index (Phi) is 5.98. The molecular formula is C16H28N2O. The lowest BCUT2D eigenvalue weighted by Gasteiger charge is -2.22. The molecule has 1 aromatic carbocycles. The summed E-state index contributed by atoms with van der Waals surface area (Å²) in [6, 6.07) is 8.91. The number of hydrogen-bond acceptors (Lipinski definition) is 3. The Labute approximate surface area is 117 Å². The average molecular weight is 264 g/mol. The van der Waals surface area contributed by atoms with Crippen molar-refractivity contribution in [2.45, 2.75) is 58.1 Å². The van der Waals surface area contributed by atoms with Gasteiger partial charge in [-0.05, 0) is 36.3 Å². The molecule has 0 fully saturated rings. The summed E-state index contributed by atoms with van der Waals surface area (Å²) in [4.78, 5) is 0. The zero-order valence-electron chi connectivity index (χ0n) is 12.9. The van der Waals surface area contributed by atoms with Crippen LogP contribution in [0.3, 0.4) is 0 Å².